The fourth-order valence-electron chi connectivity index (χ4n) is 3.39. The van der Waals surface area contributed by atoms with Crippen LogP contribution >= 0.6 is 0 Å². The minimum Gasteiger partial charge on any atom is -0.356 e. The van der Waals surface area contributed by atoms with Crippen LogP contribution < -0.4 is 10.2 Å². The molecule has 0 aliphatic carbocycles. The number of nitrogens with one attached hydrogen (secondary N) is 1. The molecule has 146 valence electrons. The van der Waals surface area contributed by atoms with Crippen molar-refractivity contribution in [2.75, 3.05) is 23.3 Å². The summed E-state index contributed by atoms with van der Waals surface area (Å²) in [6, 6.07) is 16.6. The van der Waals surface area contributed by atoms with Gasteiger partial charge < -0.3 is 10.2 Å². The van der Waals surface area contributed by atoms with E-state index in [1.54, 1.807) is 36.5 Å². The first-order chi connectivity index (χ1) is 14.7. The van der Waals surface area contributed by atoms with Crippen molar-refractivity contribution in [2.45, 2.75) is 6.42 Å². The molecule has 4 heterocycles. The van der Waals surface area contributed by atoms with E-state index in [1.807, 2.05) is 18.2 Å². The highest BCUT2D eigenvalue weighted by molar-refractivity contribution is 6.03. The second-order valence-electron chi connectivity index (χ2n) is 6.99. The third kappa shape index (κ3) is 3.12. The van der Waals surface area contributed by atoms with E-state index in [9.17, 15) is 10.1 Å². The van der Waals surface area contributed by atoms with Crippen molar-refractivity contribution < 1.29 is 4.79 Å². The lowest BCUT2D eigenvalue weighted by molar-refractivity contribution is 0.102. The molecule has 1 N–H and O–H groups in total. The number of carbonyl (C=O) groups excluding carboxylic acids is 1. The van der Waals surface area contributed by atoms with Gasteiger partial charge in [0.05, 0.1) is 23.5 Å². The van der Waals surface area contributed by atoms with Gasteiger partial charge in [0.1, 0.15) is 5.82 Å². The summed E-state index contributed by atoms with van der Waals surface area (Å²) in [5, 5.41) is 16.8. The monoisotopic (exact) mass is 395 g/mol. The van der Waals surface area contributed by atoms with Crippen molar-refractivity contribution >= 4 is 23.1 Å². The highest BCUT2D eigenvalue weighted by atomic mass is 16.2. The summed E-state index contributed by atoms with van der Waals surface area (Å²) in [6.07, 6.45) is 4.34. The molecule has 30 heavy (non-hydrogen) atoms. The number of carbonyl (C=O) groups is 1. The Morgan fingerprint density at radius 3 is 2.77 bits per heavy atom. The maximum absolute atomic E-state index is 12.9. The standard InChI is InChI=1S/C22H17N7O/c23-13-15-4-1-2-5-17(15)18-6-7-20-25-14-19(29(20)27-18)22(30)26-16-8-9-24-21(12-16)28-10-3-11-28/h1-2,4-9,12,14H,3,10-11H2,(H,24,26,30). The number of pyridine rings is 1. The van der Waals surface area contributed by atoms with Crippen molar-refractivity contribution in [1.82, 2.24) is 19.6 Å². The second kappa shape index (κ2) is 7.29. The van der Waals surface area contributed by atoms with Gasteiger partial charge in [0.25, 0.3) is 5.91 Å². The van der Waals surface area contributed by atoms with Gasteiger partial charge in [-0.2, -0.15) is 10.4 Å². The maximum Gasteiger partial charge on any atom is 0.276 e. The molecule has 3 aromatic heterocycles. The van der Waals surface area contributed by atoms with Crippen LogP contribution in [0.25, 0.3) is 16.9 Å². The number of nitrogens with zero attached hydrogens (tertiary/aromatic N) is 6. The first-order valence-corrected chi connectivity index (χ1v) is 9.59. The highest BCUT2D eigenvalue weighted by Gasteiger charge is 2.18. The molecule has 1 aromatic carbocycles. The third-order valence-electron chi connectivity index (χ3n) is 5.10. The SMILES string of the molecule is N#Cc1ccccc1-c1ccc2ncc(C(=O)Nc3ccnc(N4CCC4)c3)n2n1. The number of fused-ring (bicyclic) bond motifs is 1. The van der Waals surface area contributed by atoms with Crippen LogP contribution in [0.2, 0.25) is 0 Å². The van der Waals surface area contributed by atoms with Gasteiger partial charge >= 0.3 is 0 Å². The highest BCUT2D eigenvalue weighted by Crippen LogP contribution is 2.23. The number of aromatic nitrogens is 4. The normalized spacial score (nSPS) is 13.0. The molecule has 0 atom stereocenters. The molecular weight excluding hydrogens is 378 g/mol. The van der Waals surface area contributed by atoms with Crippen LogP contribution in [-0.4, -0.2) is 38.6 Å². The molecule has 1 amide bonds. The molecule has 0 radical (unpaired) electrons. The van der Waals surface area contributed by atoms with Crippen LogP contribution in [0, 0.1) is 11.3 Å². The van der Waals surface area contributed by atoms with Gasteiger partial charge in [-0.25, -0.2) is 14.5 Å². The molecule has 0 bridgehead atoms. The average Bonchev–Trinajstić information content (AvgIpc) is 3.16. The Morgan fingerprint density at radius 2 is 1.97 bits per heavy atom. The van der Waals surface area contributed by atoms with E-state index in [0.717, 1.165) is 25.3 Å². The molecule has 0 unspecified atom stereocenters. The summed E-state index contributed by atoms with van der Waals surface area (Å²) < 4.78 is 1.50. The topological polar surface area (TPSA) is 99.2 Å². The molecule has 1 aliphatic heterocycles. The molecular formula is C22H17N7O. The van der Waals surface area contributed by atoms with Crippen molar-refractivity contribution in [1.29, 1.82) is 5.26 Å². The van der Waals surface area contributed by atoms with E-state index in [-0.39, 0.29) is 5.91 Å². The summed E-state index contributed by atoms with van der Waals surface area (Å²) in [7, 11) is 0. The van der Waals surface area contributed by atoms with Crippen molar-refractivity contribution in [3.63, 3.8) is 0 Å². The number of hydrogen-bond donors (Lipinski definition) is 1. The molecule has 0 saturated carbocycles. The average molecular weight is 395 g/mol. The number of imidazole rings is 1. The Labute approximate surface area is 172 Å². The Kier molecular flexibility index (Phi) is 4.33. The first-order valence-electron chi connectivity index (χ1n) is 9.59. The van der Waals surface area contributed by atoms with Gasteiger partial charge in [-0.3, -0.25) is 4.79 Å². The van der Waals surface area contributed by atoms with Crippen LogP contribution in [0.4, 0.5) is 11.5 Å². The van der Waals surface area contributed by atoms with E-state index >= 15 is 0 Å². The van der Waals surface area contributed by atoms with Gasteiger partial charge in [-0.15, -0.1) is 0 Å². The number of anilines is 2. The third-order valence-corrected chi connectivity index (χ3v) is 5.10. The Morgan fingerprint density at radius 1 is 1.10 bits per heavy atom. The smallest absolute Gasteiger partial charge is 0.276 e. The minimum atomic E-state index is -0.318. The fraction of sp³-hybridized carbons (Fsp3) is 0.136. The van der Waals surface area contributed by atoms with Gasteiger partial charge in [-0.1, -0.05) is 18.2 Å². The van der Waals surface area contributed by atoms with E-state index in [0.29, 0.717) is 33.8 Å². The summed E-state index contributed by atoms with van der Waals surface area (Å²) >= 11 is 0. The quantitative estimate of drug-likeness (QED) is 0.570. The zero-order valence-corrected chi connectivity index (χ0v) is 16.0. The van der Waals surface area contributed by atoms with Crippen molar-refractivity contribution in [3.8, 4) is 17.3 Å². The summed E-state index contributed by atoms with van der Waals surface area (Å²) in [6.45, 7) is 1.96. The maximum atomic E-state index is 12.9. The molecule has 8 nitrogen and oxygen atoms in total. The lowest BCUT2D eigenvalue weighted by atomic mass is 10.1. The predicted octanol–water partition coefficient (Wildman–Crippen LogP) is 3.13. The van der Waals surface area contributed by atoms with Crippen LogP contribution in [0.15, 0.2) is 60.9 Å². The van der Waals surface area contributed by atoms with Crippen molar-refractivity contribution in [2.24, 2.45) is 0 Å². The predicted molar refractivity (Wildman–Crippen MR) is 112 cm³/mol. The number of rotatable bonds is 4. The molecule has 0 spiro atoms. The van der Waals surface area contributed by atoms with E-state index in [1.165, 1.54) is 10.7 Å². The molecule has 8 heteroatoms. The van der Waals surface area contributed by atoms with Gasteiger partial charge in [-0.05, 0) is 30.7 Å². The Bertz CT molecular complexity index is 1300. The number of hydrogen-bond acceptors (Lipinski definition) is 6. The molecule has 5 rings (SSSR count). The largest absolute Gasteiger partial charge is 0.356 e. The zero-order valence-electron chi connectivity index (χ0n) is 16.0. The lowest BCUT2D eigenvalue weighted by Gasteiger charge is -2.32. The Hall–Kier alpha value is -4.25. The summed E-state index contributed by atoms with van der Waals surface area (Å²) in [4.78, 5) is 23.7. The minimum absolute atomic E-state index is 0.309. The van der Waals surface area contributed by atoms with E-state index < -0.39 is 0 Å². The molecule has 1 saturated heterocycles. The number of nitriles is 1. The zero-order chi connectivity index (χ0) is 20.5. The molecule has 1 fully saturated rings. The fourth-order valence-corrected chi connectivity index (χ4v) is 3.39. The van der Waals surface area contributed by atoms with Gasteiger partial charge in [0, 0.05) is 36.6 Å². The van der Waals surface area contributed by atoms with Crippen LogP contribution in [0.1, 0.15) is 22.5 Å². The van der Waals surface area contributed by atoms with Crippen LogP contribution in [0.3, 0.4) is 0 Å². The van der Waals surface area contributed by atoms with Crippen LogP contribution in [0.5, 0.6) is 0 Å². The van der Waals surface area contributed by atoms with E-state index in [2.05, 4.69) is 31.4 Å². The van der Waals surface area contributed by atoms with Crippen LogP contribution in [-0.2, 0) is 0 Å². The Balaban J connectivity index is 1.47. The summed E-state index contributed by atoms with van der Waals surface area (Å²) in [5.41, 5.74) is 3.34. The van der Waals surface area contributed by atoms with Gasteiger partial charge in [0.2, 0.25) is 0 Å². The number of benzene rings is 1. The number of amides is 1. The summed E-state index contributed by atoms with van der Waals surface area (Å²) in [5.74, 6) is 0.534. The van der Waals surface area contributed by atoms with Gasteiger partial charge in [0.15, 0.2) is 11.3 Å². The second-order valence-corrected chi connectivity index (χ2v) is 6.99. The molecule has 4 aromatic rings. The van der Waals surface area contributed by atoms with Crippen molar-refractivity contribution in [3.05, 3.63) is 72.2 Å². The lowest BCUT2D eigenvalue weighted by Crippen LogP contribution is -2.37. The van der Waals surface area contributed by atoms with E-state index in [4.69, 9.17) is 0 Å². The first kappa shape index (κ1) is 17.8. The molecule has 1 aliphatic rings.